The fraction of sp³-hybridized carbons (Fsp3) is 0.632. The van der Waals surface area contributed by atoms with E-state index in [1.54, 1.807) is 0 Å². The van der Waals surface area contributed by atoms with Crippen molar-refractivity contribution in [3.05, 3.63) is 173 Å². The van der Waals surface area contributed by atoms with Crippen LogP contribution in [0.5, 0.6) is 34.5 Å². The molecule has 12 nitrogen and oxygen atoms in total. The quantitative estimate of drug-likeness (QED) is 0.0789. The van der Waals surface area contributed by atoms with Crippen LogP contribution in [-0.4, -0.2) is 39.6 Å². The highest BCUT2D eigenvalue weighted by molar-refractivity contribution is 5.63. The highest BCUT2D eigenvalue weighted by Gasteiger charge is 2.59. The second-order valence-electron chi connectivity index (χ2n) is 47.7. The summed E-state index contributed by atoms with van der Waals surface area (Å²) in [6.45, 7) is -0.891. The zero-order valence-corrected chi connectivity index (χ0v) is 74.4. The summed E-state index contributed by atoms with van der Waals surface area (Å²) in [5.41, 5.74) is 20.4. The molecule has 0 heterocycles. The van der Waals surface area contributed by atoms with Gasteiger partial charge in [-0.25, -0.2) is 0 Å². The summed E-state index contributed by atoms with van der Waals surface area (Å²) < 4.78 is 44.1. The molecule has 0 atom stereocenters. The minimum absolute atomic E-state index is 0.0505. The Morgan fingerprint density at radius 3 is 0.357 bits per heavy atom. The number of nitrogens with zero attached hydrogens (tertiary/aromatic N) is 6. The number of nitriles is 6. The van der Waals surface area contributed by atoms with Crippen molar-refractivity contribution in [3.63, 3.8) is 0 Å². The van der Waals surface area contributed by atoms with Crippen molar-refractivity contribution >= 4 is 0 Å². The molecule has 648 valence electrons. The molecule has 36 bridgehead atoms. The number of ether oxygens (including phenoxy) is 6. The molecule has 0 spiro atoms. The molecule has 0 aromatic heterocycles. The zero-order valence-electron chi connectivity index (χ0n) is 74.4. The van der Waals surface area contributed by atoms with Gasteiger partial charge in [-0.3, -0.25) is 0 Å². The average molecular weight is 1680 g/mol. The fourth-order valence-corrected chi connectivity index (χ4v) is 37.7. The van der Waals surface area contributed by atoms with E-state index in [-0.39, 0.29) is 72.1 Å². The monoisotopic (exact) mass is 1670 g/mol. The molecule has 126 heavy (non-hydrogen) atoms. The van der Waals surface area contributed by atoms with Crippen LogP contribution in [0.25, 0.3) is 0 Å². The maximum atomic E-state index is 11.1. The SMILES string of the molecule is N#CCOc1c2cc(C34CC5CC(CC(C5)C3)C4)cc1Cc1cc(C34CC5CC(CC(C5)C3)C4)cc(c1OCC#N)Cc1cc(C34CC5CC(CC(C5)C3)C4)cc(c1OCC#N)Cc1cc(C34CC5CC(CC(C5)C3)C4)cc(c1OCC#N)Cc1cc(C34CC5CC(CC(C5)C3)C4)cc(c1OCC#N)Cc1cc(C34CC5CC(CC(C5)C3)C4)cc(c1OCC#N)C2. The average Bonchev–Trinajstić information content (AvgIpc) is 0.691. The van der Waals surface area contributed by atoms with Crippen molar-refractivity contribution in [1.29, 1.82) is 31.6 Å². The zero-order chi connectivity index (χ0) is 84.2. The highest BCUT2D eigenvalue weighted by Crippen LogP contribution is 2.69. The van der Waals surface area contributed by atoms with Gasteiger partial charge in [-0.15, -0.1) is 0 Å². The lowest BCUT2D eigenvalue weighted by Crippen LogP contribution is -2.48. The number of benzene rings is 6. The first kappa shape index (κ1) is 79.2. The van der Waals surface area contributed by atoms with Crippen LogP contribution in [0.4, 0.5) is 0 Å². The second kappa shape index (κ2) is 30.3. The Balaban J connectivity index is 0.777. The summed E-state index contributed by atoms with van der Waals surface area (Å²) in [5, 5.41) is 66.8. The van der Waals surface area contributed by atoms with E-state index in [0.29, 0.717) is 145 Å². The summed E-state index contributed by atoms with van der Waals surface area (Å²) in [4.78, 5) is 0. The van der Waals surface area contributed by atoms with Crippen LogP contribution in [0.15, 0.2) is 72.8 Å². The molecule has 0 saturated heterocycles. The molecule has 31 rings (SSSR count). The summed E-state index contributed by atoms with van der Waals surface area (Å²) in [5.74, 6) is 16.4. The third-order valence-corrected chi connectivity index (χ3v) is 39.3. The molecule has 24 fully saturated rings. The van der Waals surface area contributed by atoms with Crippen LogP contribution in [-0.2, 0) is 71.0 Å². The maximum Gasteiger partial charge on any atom is 0.174 e. The Hall–Kier alpha value is -8.94. The summed E-state index contributed by atoms with van der Waals surface area (Å²) in [6, 6.07) is 45.7. The molecule has 6 aromatic rings. The van der Waals surface area contributed by atoms with Gasteiger partial charge in [0.05, 0.1) is 0 Å². The molecule has 25 aliphatic rings. The predicted molar refractivity (Wildman–Crippen MR) is 481 cm³/mol. The van der Waals surface area contributed by atoms with Crippen LogP contribution < -0.4 is 28.4 Å². The molecule has 0 aliphatic heterocycles. The van der Waals surface area contributed by atoms with E-state index < -0.39 is 0 Å². The van der Waals surface area contributed by atoms with Crippen LogP contribution in [0.2, 0.25) is 0 Å². The van der Waals surface area contributed by atoms with Crippen molar-refractivity contribution in [1.82, 2.24) is 0 Å². The molecule has 0 N–H and O–H groups in total. The first-order valence-corrected chi connectivity index (χ1v) is 50.5. The normalized spacial score (nSPS) is 38.0. The van der Waals surface area contributed by atoms with E-state index >= 15 is 0 Å². The van der Waals surface area contributed by atoms with Crippen LogP contribution in [0.3, 0.4) is 0 Å². The van der Waals surface area contributed by atoms with Gasteiger partial charge in [0, 0.05) is 38.5 Å². The van der Waals surface area contributed by atoms with Crippen molar-refractivity contribution in [2.75, 3.05) is 39.6 Å². The van der Waals surface area contributed by atoms with E-state index in [4.69, 9.17) is 28.4 Å². The molecule has 12 heteroatoms. The second-order valence-corrected chi connectivity index (χ2v) is 47.7. The van der Waals surface area contributed by atoms with E-state index in [1.165, 1.54) is 149 Å². The Labute approximate surface area is 747 Å². The van der Waals surface area contributed by atoms with Gasteiger partial charge in [-0.1, -0.05) is 72.8 Å². The molecular formula is C114H126N6O6. The van der Waals surface area contributed by atoms with Crippen molar-refractivity contribution in [3.8, 4) is 70.9 Å². The highest BCUT2D eigenvalue weighted by atomic mass is 16.5. The van der Waals surface area contributed by atoms with Gasteiger partial charge in [-0.2, -0.15) is 31.6 Å². The lowest BCUT2D eigenvalue weighted by molar-refractivity contribution is -0.00543. The Morgan fingerprint density at radius 1 is 0.175 bits per heavy atom. The van der Waals surface area contributed by atoms with Gasteiger partial charge in [0.15, 0.2) is 39.6 Å². The topological polar surface area (TPSA) is 198 Å². The van der Waals surface area contributed by atoms with Crippen LogP contribution in [0, 0.1) is 175 Å². The Kier molecular flexibility index (Phi) is 19.1. The fourth-order valence-electron chi connectivity index (χ4n) is 37.7. The summed E-state index contributed by atoms with van der Waals surface area (Å²) in [6.07, 6.45) is 47.0. The molecule has 0 radical (unpaired) electrons. The maximum absolute atomic E-state index is 11.1. The van der Waals surface area contributed by atoms with Crippen molar-refractivity contribution in [2.24, 2.45) is 107 Å². The van der Waals surface area contributed by atoms with E-state index in [9.17, 15) is 31.6 Å². The standard InChI is InChI=1S/C114H126N6O6/c115-1-7-121-103-85-31-87-39-98(110-52-70-16-71(53-110)18-72(17-70)54-110)41-89(104(87)122-8-2-116)33-91-43-100(112-58-76-22-77(59-112)24-78(23-76)60-112)45-93(106(91)124-10-4-118)35-95-47-102(114-64-82-28-83(65-114)30-84(29-82)66-114)48-96(108(95)126-12-6-120)36-94-46-101(113-61-79-25-80(62-113)27-81(26-79)63-113)44-92(107(94)125-11-5-119)34-90-42-99(111-55-73-19-74(56-111)21-75(20-73)57-111)40-88(105(90)123-9-3-117)32-86(103)38-97(37-85)109-49-67-13-68(50-109)15-69(14-67)51-109/h37-48,67-84H,7-36,49-66H2. The molecule has 6 aromatic carbocycles. The smallest absolute Gasteiger partial charge is 0.174 e. The Bertz CT molecular complexity index is 4470. The van der Waals surface area contributed by atoms with Gasteiger partial charge in [-0.05, 0) is 470 Å². The molecule has 0 unspecified atom stereocenters. The number of hydrogen-bond acceptors (Lipinski definition) is 12. The van der Waals surface area contributed by atoms with Crippen LogP contribution in [0.1, 0.15) is 331 Å². The third-order valence-electron chi connectivity index (χ3n) is 39.3. The van der Waals surface area contributed by atoms with E-state index in [2.05, 4.69) is 109 Å². The number of hydrogen-bond donors (Lipinski definition) is 0. The summed E-state index contributed by atoms with van der Waals surface area (Å²) in [7, 11) is 0. The third kappa shape index (κ3) is 13.5. The molecule has 0 amide bonds. The number of fused-ring (bicyclic) bond motifs is 12. The van der Waals surface area contributed by atoms with Crippen molar-refractivity contribution < 1.29 is 28.4 Å². The van der Waals surface area contributed by atoms with Gasteiger partial charge in [0.2, 0.25) is 0 Å². The molecular weight excluding hydrogens is 1550 g/mol. The number of rotatable bonds is 18. The first-order valence-electron chi connectivity index (χ1n) is 50.5. The lowest BCUT2D eigenvalue weighted by Gasteiger charge is -2.57. The first-order chi connectivity index (χ1) is 61.5. The van der Waals surface area contributed by atoms with Gasteiger partial charge >= 0.3 is 0 Å². The van der Waals surface area contributed by atoms with E-state index in [1.807, 2.05) is 0 Å². The minimum atomic E-state index is -0.149. The van der Waals surface area contributed by atoms with E-state index in [0.717, 1.165) is 217 Å². The molecule has 24 saturated carbocycles. The summed E-state index contributed by atoms with van der Waals surface area (Å²) >= 11 is 0. The van der Waals surface area contributed by atoms with Gasteiger partial charge < -0.3 is 28.4 Å². The molecule has 25 aliphatic carbocycles. The lowest BCUT2D eigenvalue weighted by atomic mass is 9.48. The Morgan fingerprint density at radius 2 is 0.270 bits per heavy atom. The van der Waals surface area contributed by atoms with Gasteiger partial charge in [0.25, 0.3) is 0 Å². The minimum Gasteiger partial charge on any atom is -0.478 e. The van der Waals surface area contributed by atoms with Crippen molar-refractivity contribution in [2.45, 2.75) is 302 Å². The van der Waals surface area contributed by atoms with Crippen LogP contribution >= 0.6 is 0 Å². The largest absolute Gasteiger partial charge is 0.478 e. The van der Waals surface area contributed by atoms with Gasteiger partial charge in [0.1, 0.15) is 70.9 Å². The predicted octanol–water partition coefficient (Wildman–Crippen LogP) is 23.8.